The monoisotopic (exact) mass is 490 g/mol. The van der Waals surface area contributed by atoms with Gasteiger partial charge in [0.1, 0.15) is 0 Å². The third-order valence-corrected chi connectivity index (χ3v) is 8.19. The molecule has 3 aromatic rings. The Morgan fingerprint density at radius 3 is 2.59 bits per heavy atom. The number of rotatable bonds is 8. The summed E-state index contributed by atoms with van der Waals surface area (Å²) in [7, 11) is -3.53. The van der Waals surface area contributed by atoms with Crippen LogP contribution in [0.5, 0.6) is 0 Å². The van der Waals surface area contributed by atoms with E-state index in [1.165, 1.54) is 16.1 Å². The van der Waals surface area contributed by atoms with E-state index in [-0.39, 0.29) is 0 Å². The molecule has 1 saturated heterocycles. The van der Waals surface area contributed by atoms with Crippen LogP contribution in [0.15, 0.2) is 71.2 Å². The fraction of sp³-hybridized carbons (Fsp3) is 0.273. The lowest BCUT2D eigenvalue weighted by molar-refractivity contribution is 0.0730. The molecule has 1 aromatic heterocycles. The second-order valence-corrected chi connectivity index (χ2v) is 10.5. The zero-order valence-corrected chi connectivity index (χ0v) is 19.7. The van der Waals surface area contributed by atoms with Crippen LogP contribution in [0.1, 0.15) is 5.56 Å². The first-order valence-electron chi connectivity index (χ1n) is 10.1. The number of benzene rings is 2. The molecule has 168 valence electrons. The molecule has 32 heavy (non-hydrogen) atoms. The van der Waals surface area contributed by atoms with Crippen LogP contribution in [0, 0.1) is 0 Å². The number of ether oxygens (including phenoxy) is 1. The van der Waals surface area contributed by atoms with Crippen LogP contribution in [0.4, 0.5) is 0 Å². The summed E-state index contributed by atoms with van der Waals surface area (Å²) < 4.78 is 34.6. The lowest BCUT2D eigenvalue weighted by Gasteiger charge is -2.26. The van der Waals surface area contributed by atoms with Gasteiger partial charge in [0.2, 0.25) is 10.0 Å². The van der Waals surface area contributed by atoms with Crippen molar-refractivity contribution in [1.29, 1.82) is 0 Å². The highest BCUT2D eigenvalue weighted by Gasteiger charge is 2.26. The maximum Gasteiger partial charge on any atom is 0.243 e. The molecule has 0 atom stereocenters. The Hall–Kier alpha value is -2.17. The predicted molar refractivity (Wildman–Crippen MR) is 126 cm³/mol. The van der Waals surface area contributed by atoms with E-state index in [2.05, 4.69) is 16.8 Å². The van der Waals surface area contributed by atoms with E-state index < -0.39 is 10.0 Å². The fourth-order valence-electron chi connectivity index (χ4n) is 3.38. The summed E-state index contributed by atoms with van der Waals surface area (Å²) in [4.78, 5) is 0.298. The van der Waals surface area contributed by atoms with Gasteiger partial charge in [-0.3, -0.25) is 4.57 Å². The molecule has 10 heteroatoms. The van der Waals surface area contributed by atoms with Crippen LogP contribution in [0.2, 0.25) is 5.02 Å². The number of thioether (sulfide) groups is 1. The molecule has 0 radical (unpaired) electrons. The second-order valence-electron chi connectivity index (χ2n) is 7.16. The SMILES string of the molecule is C=CCn1c(SCc2cccc(S(=O)(=O)N3CCOCC3)c2)nnc1-c1ccc(Cl)cc1. The van der Waals surface area contributed by atoms with Gasteiger partial charge in [0.25, 0.3) is 0 Å². The van der Waals surface area contributed by atoms with Gasteiger partial charge in [0.05, 0.1) is 18.1 Å². The molecule has 0 aliphatic carbocycles. The van der Waals surface area contributed by atoms with Crippen molar-refractivity contribution >= 4 is 33.4 Å². The van der Waals surface area contributed by atoms with Gasteiger partial charge in [-0.2, -0.15) is 4.31 Å². The molecule has 2 aromatic carbocycles. The van der Waals surface area contributed by atoms with Crippen molar-refractivity contribution in [1.82, 2.24) is 19.1 Å². The quantitative estimate of drug-likeness (QED) is 0.349. The van der Waals surface area contributed by atoms with E-state index in [1.54, 1.807) is 24.3 Å². The highest BCUT2D eigenvalue weighted by atomic mass is 35.5. The van der Waals surface area contributed by atoms with E-state index in [0.717, 1.165) is 22.1 Å². The summed E-state index contributed by atoms with van der Waals surface area (Å²) in [6.07, 6.45) is 1.79. The van der Waals surface area contributed by atoms with Gasteiger partial charge in [0, 0.05) is 36.0 Å². The number of hydrogen-bond acceptors (Lipinski definition) is 6. The van der Waals surface area contributed by atoms with E-state index in [0.29, 0.717) is 48.5 Å². The first kappa shape index (κ1) is 23.0. The van der Waals surface area contributed by atoms with Crippen molar-refractivity contribution in [3.63, 3.8) is 0 Å². The van der Waals surface area contributed by atoms with E-state index in [1.807, 2.05) is 34.9 Å². The molecular formula is C22H23ClN4O3S2. The fourth-order valence-corrected chi connectivity index (χ4v) is 5.88. The van der Waals surface area contributed by atoms with Crippen LogP contribution in [0.3, 0.4) is 0 Å². The Morgan fingerprint density at radius 1 is 1.12 bits per heavy atom. The summed E-state index contributed by atoms with van der Waals surface area (Å²) in [5.74, 6) is 1.29. The van der Waals surface area contributed by atoms with Gasteiger partial charge in [-0.1, -0.05) is 41.6 Å². The number of allylic oxidation sites excluding steroid dienone is 1. The van der Waals surface area contributed by atoms with Gasteiger partial charge in [0.15, 0.2) is 11.0 Å². The highest BCUT2D eigenvalue weighted by molar-refractivity contribution is 7.98. The minimum absolute atomic E-state index is 0.298. The van der Waals surface area contributed by atoms with Crippen molar-refractivity contribution in [2.24, 2.45) is 0 Å². The number of sulfonamides is 1. The van der Waals surface area contributed by atoms with Crippen molar-refractivity contribution in [3.8, 4) is 11.4 Å². The Bertz CT molecular complexity index is 1190. The van der Waals surface area contributed by atoms with Crippen LogP contribution in [-0.2, 0) is 27.1 Å². The van der Waals surface area contributed by atoms with Gasteiger partial charge in [-0.25, -0.2) is 8.42 Å². The Morgan fingerprint density at radius 2 is 1.88 bits per heavy atom. The van der Waals surface area contributed by atoms with Crippen molar-refractivity contribution in [3.05, 3.63) is 71.8 Å². The zero-order valence-electron chi connectivity index (χ0n) is 17.4. The summed E-state index contributed by atoms with van der Waals surface area (Å²) >= 11 is 7.50. The molecule has 0 bridgehead atoms. The van der Waals surface area contributed by atoms with Crippen molar-refractivity contribution in [2.75, 3.05) is 26.3 Å². The largest absolute Gasteiger partial charge is 0.379 e. The molecule has 0 N–H and O–H groups in total. The number of halogens is 1. The van der Waals surface area contributed by atoms with Gasteiger partial charge < -0.3 is 4.74 Å². The first-order valence-corrected chi connectivity index (χ1v) is 12.9. The van der Waals surface area contributed by atoms with Gasteiger partial charge in [-0.05, 0) is 42.0 Å². The number of hydrogen-bond donors (Lipinski definition) is 0. The standard InChI is InChI=1S/C22H23ClN4O3S2/c1-2-10-27-21(18-6-8-19(23)9-7-18)24-25-22(27)31-16-17-4-3-5-20(15-17)32(28,29)26-11-13-30-14-12-26/h2-9,15H,1,10-14,16H2. The molecule has 0 saturated carbocycles. The third kappa shape index (κ3) is 5.07. The lowest BCUT2D eigenvalue weighted by Crippen LogP contribution is -2.40. The molecule has 2 heterocycles. The normalized spacial score (nSPS) is 15.0. The summed E-state index contributed by atoms with van der Waals surface area (Å²) in [5, 5.41) is 10.1. The average Bonchev–Trinajstić information content (AvgIpc) is 3.22. The van der Waals surface area contributed by atoms with Crippen molar-refractivity contribution < 1.29 is 13.2 Å². The van der Waals surface area contributed by atoms with Crippen LogP contribution >= 0.6 is 23.4 Å². The summed E-state index contributed by atoms with van der Waals surface area (Å²) in [6, 6.07) is 14.5. The molecule has 7 nitrogen and oxygen atoms in total. The molecular weight excluding hydrogens is 468 g/mol. The topological polar surface area (TPSA) is 77.3 Å². The minimum Gasteiger partial charge on any atom is -0.379 e. The number of morpholine rings is 1. The van der Waals surface area contributed by atoms with E-state index >= 15 is 0 Å². The van der Waals surface area contributed by atoms with Gasteiger partial charge >= 0.3 is 0 Å². The minimum atomic E-state index is -3.53. The Balaban J connectivity index is 1.53. The average molecular weight is 491 g/mol. The lowest BCUT2D eigenvalue weighted by atomic mass is 10.2. The first-order chi connectivity index (χ1) is 15.5. The predicted octanol–water partition coefficient (Wildman–Crippen LogP) is 4.10. The van der Waals surface area contributed by atoms with E-state index in [9.17, 15) is 8.42 Å². The molecule has 1 aliphatic heterocycles. The molecule has 1 fully saturated rings. The zero-order chi connectivity index (χ0) is 22.6. The van der Waals surface area contributed by atoms with E-state index in [4.69, 9.17) is 16.3 Å². The van der Waals surface area contributed by atoms with Crippen LogP contribution in [-0.4, -0.2) is 53.8 Å². The second kappa shape index (κ2) is 10.2. The number of nitrogens with zero attached hydrogens (tertiary/aromatic N) is 4. The van der Waals surface area contributed by atoms with Gasteiger partial charge in [-0.15, -0.1) is 16.8 Å². The van der Waals surface area contributed by atoms with Crippen LogP contribution in [0.25, 0.3) is 11.4 Å². The summed E-state index contributed by atoms with van der Waals surface area (Å²) in [5.41, 5.74) is 1.81. The summed E-state index contributed by atoms with van der Waals surface area (Å²) in [6.45, 7) is 5.98. The molecule has 0 spiro atoms. The Kier molecular flexibility index (Phi) is 7.32. The smallest absolute Gasteiger partial charge is 0.243 e. The molecule has 1 aliphatic rings. The van der Waals surface area contributed by atoms with Crippen molar-refractivity contribution in [2.45, 2.75) is 22.3 Å². The molecule has 4 rings (SSSR count). The molecule has 0 unspecified atom stereocenters. The van der Waals surface area contributed by atoms with Crippen LogP contribution < -0.4 is 0 Å². The number of aromatic nitrogens is 3. The third-order valence-electron chi connectivity index (χ3n) is 5.01. The highest BCUT2D eigenvalue weighted by Crippen LogP contribution is 2.28. The maximum absolute atomic E-state index is 13.0. The Labute approximate surface area is 197 Å². The maximum atomic E-state index is 13.0. The molecule has 0 amide bonds.